The Morgan fingerprint density at radius 2 is 1.90 bits per heavy atom. The van der Waals surface area contributed by atoms with Crippen LogP contribution in [0, 0.1) is 0 Å². The summed E-state index contributed by atoms with van der Waals surface area (Å²) in [5, 5.41) is 0. The third kappa shape index (κ3) is 6.06. The van der Waals surface area contributed by atoms with Crippen molar-refractivity contribution in [2.24, 2.45) is 0 Å². The highest BCUT2D eigenvalue weighted by Gasteiger charge is 2.18. The molecule has 0 aromatic heterocycles. The molecule has 0 spiro atoms. The number of esters is 1. The largest absolute Gasteiger partial charge is 0.491 e. The molecule has 1 rings (SSSR count). The van der Waals surface area contributed by atoms with Crippen LogP contribution in [0.2, 0.25) is 0 Å². The van der Waals surface area contributed by atoms with Crippen molar-refractivity contribution in [3.63, 3.8) is 0 Å². The van der Waals surface area contributed by atoms with Gasteiger partial charge < -0.3 is 14.2 Å². The molecular weight excluding hydrogens is 256 g/mol. The number of rotatable bonds is 6. The van der Waals surface area contributed by atoms with Crippen LogP contribution in [0.3, 0.4) is 0 Å². The normalized spacial score (nSPS) is 12.8. The van der Waals surface area contributed by atoms with Crippen LogP contribution in [0.4, 0.5) is 0 Å². The monoisotopic (exact) mass is 280 g/mol. The van der Waals surface area contributed by atoms with Crippen molar-refractivity contribution in [2.75, 3.05) is 13.7 Å². The Hall–Kier alpha value is -1.55. The van der Waals surface area contributed by atoms with Gasteiger partial charge in [-0.3, -0.25) is 4.79 Å². The summed E-state index contributed by atoms with van der Waals surface area (Å²) in [5.41, 5.74) is 0.349. The summed E-state index contributed by atoms with van der Waals surface area (Å²) in [5.74, 6) is 0.440. The van der Waals surface area contributed by atoms with E-state index < -0.39 is 5.60 Å². The maximum Gasteiger partial charge on any atom is 0.310 e. The zero-order valence-corrected chi connectivity index (χ0v) is 12.9. The van der Waals surface area contributed by atoms with E-state index in [9.17, 15) is 4.79 Å². The van der Waals surface area contributed by atoms with E-state index in [4.69, 9.17) is 14.2 Å². The molecule has 20 heavy (non-hydrogen) atoms. The van der Waals surface area contributed by atoms with Crippen LogP contribution in [0.1, 0.15) is 33.3 Å². The predicted molar refractivity (Wildman–Crippen MR) is 78.0 cm³/mol. The average Bonchev–Trinajstić information content (AvgIpc) is 2.35. The van der Waals surface area contributed by atoms with Gasteiger partial charge in [0.15, 0.2) is 0 Å². The van der Waals surface area contributed by atoms with Gasteiger partial charge in [0.2, 0.25) is 0 Å². The van der Waals surface area contributed by atoms with E-state index in [-0.39, 0.29) is 18.5 Å². The average molecular weight is 280 g/mol. The number of carbonyl (C=O) groups is 1. The highest BCUT2D eigenvalue weighted by Crippen LogP contribution is 2.20. The second kappa shape index (κ2) is 7.29. The van der Waals surface area contributed by atoms with Crippen LogP contribution in [-0.2, 0) is 20.7 Å². The number of benzene rings is 1. The van der Waals surface area contributed by atoms with Gasteiger partial charge in [-0.15, -0.1) is 0 Å². The molecular formula is C16H24O4. The molecule has 0 aliphatic rings. The van der Waals surface area contributed by atoms with E-state index in [1.807, 2.05) is 52.0 Å². The van der Waals surface area contributed by atoms with Gasteiger partial charge in [-0.05, 0) is 33.8 Å². The molecule has 0 heterocycles. The zero-order chi connectivity index (χ0) is 15.2. The number of hydrogen-bond acceptors (Lipinski definition) is 4. The van der Waals surface area contributed by atoms with E-state index in [2.05, 4.69) is 0 Å². The molecule has 4 nitrogen and oxygen atoms in total. The van der Waals surface area contributed by atoms with Gasteiger partial charge in [0.05, 0.1) is 12.5 Å². The molecule has 1 atom stereocenters. The second-order valence-electron chi connectivity index (χ2n) is 5.73. The van der Waals surface area contributed by atoms with Crippen molar-refractivity contribution in [3.05, 3.63) is 29.8 Å². The van der Waals surface area contributed by atoms with Crippen LogP contribution in [0.25, 0.3) is 0 Å². The number of ether oxygens (including phenoxy) is 3. The fourth-order valence-corrected chi connectivity index (χ4v) is 1.60. The lowest BCUT2D eigenvalue weighted by molar-refractivity contribution is -0.153. The number of para-hydroxylation sites is 1. The van der Waals surface area contributed by atoms with E-state index in [0.29, 0.717) is 12.4 Å². The van der Waals surface area contributed by atoms with Crippen molar-refractivity contribution < 1.29 is 19.0 Å². The first kappa shape index (κ1) is 16.5. The highest BCUT2D eigenvalue weighted by molar-refractivity contribution is 5.74. The van der Waals surface area contributed by atoms with E-state index in [1.165, 1.54) is 0 Å². The van der Waals surface area contributed by atoms with E-state index >= 15 is 0 Å². The minimum atomic E-state index is -0.475. The Morgan fingerprint density at radius 3 is 2.50 bits per heavy atom. The molecule has 0 saturated heterocycles. The van der Waals surface area contributed by atoms with Gasteiger partial charge in [-0.25, -0.2) is 0 Å². The van der Waals surface area contributed by atoms with Crippen molar-refractivity contribution in [3.8, 4) is 5.75 Å². The summed E-state index contributed by atoms with van der Waals surface area (Å²) < 4.78 is 16.2. The van der Waals surface area contributed by atoms with Gasteiger partial charge in [-0.1, -0.05) is 18.2 Å². The summed E-state index contributed by atoms with van der Waals surface area (Å²) in [6.07, 6.45) is 0.207. The summed E-state index contributed by atoms with van der Waals surface area (Å²) >= 11 is 0. The molecule has 0 amide bonds. The molecule has 0 fully saturated rings. The van der Waals surface area contributed by atoms with Gasteiger partial charge in [0.1, 0.15) is 18.0 Å². The van der Waals surface area contributed by atoms with Crippen molar-refractivity contribution in [1.29, 1.82) is 0 Å². The second-order valence-corrected chi connectivity index (χ2v) is 5.73. The van der Waals surface area contributed by atoms with E-state index in [1.54, 1.807) is 7.11 Å². The Morgan fingerprint density at radius 1 is 1.25 bits per heavy atom. The Balaban J connectivity index is 2.68. The quantitative estimate of drug-likeness (QED) is 0.751. The molecule has 112 valence electrons. The summed E-state index contributed by atoms with van der Waals surface area (Å²) in [6.45, 7) is 7.94. The zero-order valence-electron chi connectivity index (χ0n) is 12.9. The summed E-state index contributed by atoms with van der Waals surface area (Å²) in [7, 11) is 1.64. The molecule has 4 heteroatoms. The SMILES string of the molecule is COC(C)COc1ccccc1CC(=O)OC(C)(C)C. The minimum absolute atomic E-state index is 0.00424. The molecule has 0 aliphatic heterocycles. The standard InChI is InChI=1S/C16H24O4/c1-12(18-5)11-19-14-9-7-6-8-13(14)10-15(17)20-16(2,3)4/h6-9,12H,10-11H2,1-5H3. The highest BCUT2D eigenvalue weighted by atomic mass is 16.6. The van der Waals surface area contributed by atoms with Crippen molar-refractivity contribution >= 4 is 5.97 Å². The molecule has 0 bridgehead atoms. The van der Waals surface area contributed by atoms with Crippen LogP contribution in [0.15, 0.2) is 24.3 Å². The molecule has 0 aliphatic carbocycles. The van der Waals surface area contributed by atoms with Gasteiger partial charge in [0.25, 0.3) is 0 Å². The number of carbonyl (C=O) groups excluding carboxylic acids is 1. The van der Waals surface area contributed by atoms with Crippen molar-refractivity contribution in [2.45, 2.75) is 45.8 Å². The third-order valence-corrected chi connectivity index (χ3v) is 2.60. The van der Waals surface area contributed by atoms with Crippen molar-refractivity contribution in [1.82, 2.24) is 0 Å². The van der Waals surface area contributed by atoms with Gasteiger partial charge in [0, 0.05) is 12.7 Å². The fourth-order valence-electron chi connectivity index (χ4n) is 1.60. The summed E-state index contributed by atoms with van der Waals surface area (Å²) in [6, 6.07) is 7.48. The van der Waals surface area contributed by atoms with Gasteiger partial charge in [-0.2, -0.15) is 0 Å². The molecule has 1 aromatic carbocycles. The van der Waals surface area contributed by atoms with Crippen LogP contribution in [0.5, 0.6) is 5.75 Å². The predicted octanol–water partition coefficient (Wildman–Crippen LogP) is 2.98. The first-order valence-electron chi connectivity index (χ1n) is 6.77. The molecule has 1 aromatic rings. The molecule has 1 unspecified atom stereocenters. The van der Waals surface area contributed by atoms with Crippen LogP contribution in [-0.4, -0.2) is 31.4 Å². The first-order chi connectivity index (χ1) is 9.31. The third-order valence-electron chi connectivity index (χ3n) is 2.60. The number of hydrogen-bond donors (Lipinski definition) is 0. The lowest BCUT2D eigenvalue weighted by Crippen LogP contribution is -2.25. The maximum atomic E-state index is 11.9. The molecule has 0 N–H and O–H groups in total. The van der Waals surface area contributed by atoms with Gasteiger partial charge >= 0.3 is 5.97 Å². The minimum Gasteiger partial charge on any atom is -0.491 e. The lowest BCUT2D eigenvalue weighted by atomic mass is 10.1. The Bertz CT molecular complexity index is 434. The lowest BCUT2D eigenvalue weighted by Gasteiger charge is -2.20. The van der Waals surface area contributed by atoms with Crippen LogP contribution >= 0.6 is 0 Å². The van der Waals surface area contributed by atoms with E-state index in [0.717, 1.165) is 5.56 Å². The topological polar surface area (TPSA) is 44.8 Å². The first-order valence-corrected chi connectivity index (χ1v) is 6.77. The maximum absolute atomic E-state index is 11.9. The Kier molecular flexibility index (Phi) is 6.02. The molecule has 0 saturated carbocycles. The van der Waals surface area contributed by atoms with Crippen LogP contribution < -0.4 is 4.74 Å². The summed E-state index contributed by atoms with van der Waals surface area (Å²) in [4.78, 5) is 11.9. The smallest absolute Gasteiger partial charge is 0.310 e. The molecule has 0 radical (unpaired) electrons. The fraction of sp³-hybridized carbons (Fsp3) is 0.562. The number of methoxy groups -OCH3 is 1. The Labute approximate surface area is 121 Å².